The first kappa shape index (κ1) is 12.5. The Morgan fingerprint density at radius 1 is 1.53 bits per heavy atom. The van der Waals surface area contributed by atoms with Gasteiger partial charge in [-0.2, -0.15) is 0 Å². The monoisotopic (exact) mass is 259 g/mol. The number of nitrogens with zero attached hydrogens (tertiary/aromatic N) is 3. The van der Waals surface area contributed by atoms with Crippen LogP contribution in [0.4, 0.5) is 0 Å². The van der Waals surface area contributed by atoms with Gasteiger partial charge in [0.1, 0.15) is 0 Å². The summed E-state index contributed by atoms with van der Waals surface area (Å²) in [6.45, 7) is 1.76. The quantitative estimate of drug-likeness (QED) is 0.680. The number of sulfonamides is 1. The Kier molecular flexibility index (Phi) is 4.08. The average Bonchev–Trinajstić information content (AvgIpc) is 2.89. The van der Waals surface area contributed by atoms with Crippen molar-refractivity contribution in [1.82, 2.24) is 25.0 Å². The molecule has 0 aliphatic carbocycles. The van der Waals surface area contributed by atoms with Gasteiger partial charge in [0.25, 0.3) is 0 Å². The molecule has 8 heteroatoms. The van der Waals surface area contributed by atoms with Crippen molar-refractivity contribution in [2.75, 3.05) is 18.8 Å². The SMILES string of the molecule is O=S(=O)(CC1CCCN1)NCCn1ccnn1. The highest BCUT2D eigenvalue weighted by molar-refractivity contribution is 7.89. The Morgan fingerprint density at radius 3 is 3.06 bits per heavy atom. The molecule has 0 amide bonds. The molecule has 0 spiro atoms. The van der Waals surface area contributed by atoms with Gasteiger partial charge in [0.15, 0.2) is 0 Å². The van der Waals surface area contributed by atoms with Crippen LogP contribution in [0.5, 0.6) is 0 Å². The van der Waals surface area contributed by atoms with E-state index in [1.54, 1.807) is 17.1 Å². The molecule has 0 saturated carbocycles. The molecule has 0 aromatic carbocycles. The van der Waals surface area contributed by atoms with Gasteiger partial charge in [-0.1, -0.05) is 5.21 Å². The van der Waals surface area contributed by atoms with Crippen LogP contribution in [0, 0.1) is 0 Å². The minimum absolute atomic E-state index is 0.0962. The van der Waals surface area contributed by atoms with Crippen LogP contribution in [-0.2, 0) is 16.6 Å². The largest absolute Gasteiger partial charge is 0.313 e. The third-order valence-corrected chi connectivity index (χ3v) is 4.20. The molecule has 1 atom stereocenters. The van der Waals surface area contributed by atoms with Gasteiger partial charge in [-0.25, -0.2) is 13.1 Å². The maximum atomic E-state index is 11.7. The Labute approximate surface area is 101 Å². The van der Waals surface area contributed by atoms with Crippen molar-refractivity contribution in [3.63, 3.8) is 0 Å². The summed E-state index contributed by atoms with van der Waals surface area (Å²) in [6, 6.07) is 0.0962. The predicted molar refractivity (Wildman–Crippen MR) is 62.8 cm³/mol. The summed E-state index contributed by atoms with van der Waals surface area (Å²) >= 11 is 0. The molecule has 17 heavy (non-hydrogen) atoms. The van der Waals surface area contributed by atoms with Crippen molar-refractivity contribution in [2.45, 2.75) is 25.4 Å². The Bertz CT molecular complexity index is 424. The number of aromatic nitrogens is 3. The van der Waals surface area contributed by atoms with Crippen molar-refractivity contribution in [3.8, 4) is 0 Å². The lowest BCUT2D eigenvalue weighted by Gasteiger charge is -2.11. The summed E-state index contributed by atoms with van der Waals surface area (Å²) in [5.41, 5.74) is 0. The second-order valence-corrected chi connectivity index (χ2v) is 5.99. The molecule has 2 heterocycles. The van der Waals surface area contributed by atoms with Crippen molar-refractivity contribution in [1.29, 1.82) is 0 Å². The van der Waals surface area contributed by atoms with Gasteiger partial charge in [0.05, 0.1) is 18.5 Å². The lowest BCUT2D eigenvalue weighted by Crippen LogP contribution is -2.37. The van der Waals surface area contributed by atoms with E-state index in [-0.39, 0.29) is 11.8 Å². The third kappa shape index (κ3) is 4.06. The van der Waals surface area contributed by atoms with Gasteiger partial charge in [-0.05, 0) is 19.4 Å². The van der Waals surface area contributed by atoms with Crippen molar-refractivity contribution in [2.24, 2.45) is 0 Å². The molecule has 1 unspecified atom stereocenters. The smallest absolute Gasteiger partial charge is 0.213 e. The van der Waals surface area contributed by atoms with Crippen LogP contribution in [0.15, 0.2) is 12.4 Å². The van der Waals surface area contributed by atoms with E-state index in [1.165, 1.54) is 0 Å². The molecule has 1 aromatic rings. The highest BCUT2D eigenvalue weighted by Crippen LogP contribution is 2.06. The summed E-state index contributed by atoms with van der Waals surface area (Å²) in [5, 5.41) is 10.6. The van der Waals surface area contributed by atoms with E-state index in [4.69, 9.17) is 0 Å². The number of nitrogens with one attached hydrogen (secondary N) is 2. The third-order valence-electron chi connectivity index (χ3n) is 2.72. The highest BCUT2D eigenvalue weighted by Gasteiger charge is 2.21. The predicted octanol–water partition coefficient (Wildman–Crippen LogP) is -1.05. The Morgan fingerprint density at radius 2 is 2.41 bits per heavy atom. The molecule has 7 nitrogen and oxygen atoms in total. The van der Waals surface area contributed by atoms with Gasteiger partial charge in [-0.15, -0.1) is 5.10 Å². The summed E-state index contributed by atoms with van der Waals surface area (Å²) in [5.74, 6) is 0.157. The maximum Gasteiger partial charge on any atom is 0.213 e. The molecule has 2 N–H and O–H groups in total. The second kappa shape index (κ2) is 5.56. The number of hydrogen-bond acceptors (Lipinski definition) is 5. The molecule has 1 aliphatic heterocycles. The van der Waals surface area contributed by atoms with Crippen LogP contribution < -0.4 is 10.0 Å². The van der Waals surface area contributed by atoms with Gasteiger partial charge < -0.3 is 5.32 Å². The van der Waals surface area contributed by atoms with Crippen molar-refractivity contribution < 1.29 is 8.42 Å². The van der Waals surface area contributed by atoms with Gasteiger partial charge in [0.2, 0.25) is 10.0 Å². The minimum Gasteiger partial charge on any atom is -0.313 e. The van der Waals surface area contributed by atoms with E-state index in [9.17, 15) is 8.42 Å². The van der Waals surface area contributed by atoms with E-state index in [0.717, 1.165) is 19.4 Å². The topological polar surface area (TPSA) is 88.9 Å². The van der Waals surface area contributed by atoms with Crippen LogP contribution in [0.1, 0.15) is 12.8 Å². The van der Waals surface area contributed by atoms with Crippen molar-refractivity contribution >= 4 is 10.0 Å². The van der Waals surface area contributed by atoms with Crippen LogP contribution in [0.2, 0.25) is 0 Å². The molecule has 2 rings (SSSR count). The molecular formula is C9H17N5O2S. The Hall–Kier alpha value is -0.990. The summed E-state index contributed by atoms with van der Waals surface area (Å²) in [4.78, 5) is 0. The van der Waals surface area contributed by atoms with E-state index >= 15 is 0 Å². The lowest BCUT2D eigenvalue weighted by atomic mass is 10.3. The van der Waals surface area contributed by atoms with Crippen LogP contribution in [0.25, 0.3) is 0 Å². The first-order valence-electron chi connectivity index (χ1n) is 5.70. The van der Waals surface area contributed by atoms with Crippen LogP contribution >= 0.6 is 0 Å². The Balaban J connectivity index is 1.73. The molecule has 0 bridgehead atoms. The fraction of sp³-hybridized carbons (Fsp3) is 0.778. The van der Waals surface area contributed by atoms with Gasteiger partial charge in [-0.3, -0.25) is 4.68 Å². The molecule has 1 aliphatic rings. The zero-order valence-corrected chi connectivity index (χ0v) is 10.4. The molecule has 1 aromatic heterocycles. The maximum absolute atomic E-state index is 11.7. The van der Waals surface area contributed by atoms with Gasteiger partial charge >= 0.3 is 0 Å². The van der Waals surface area contributed by atoms with E-state index < -0.39 is 10.0 Å². The molecule has 1 fully saturated rings. The first-order valence-corrected chi connectivity index (χ1v) is 7.36. The zero-order chi connectivity index (χ0) is 12.1. The highest BCUT2D eigenvalue weighted by atomic mass is 32.2. The first-order chi connectivity index (χ1) is 8.16. The van der Waals surface area contributed by atoms with Crippen LogP contribution in [0.3, 0.4) is 0 Å². The molecule has 96 valence electrons. The number of rotatable bonds is 6. The normalized spacial score (nSPS) is 20.8. The molecule has 0 radical (unpaired) electrons. The summed E-state index contributed by atoms with van der Waals surface area (Å²) in [6.07, 6.45) is 5.26. The summed E-state index contributed by atoms with van der Waals surface area (Å²) in [7, 11) is -3.19. The zero-order valence-electron chi connectivity index (χ0n) is 9.54. The second-order valence-electron chi connectivity index (χ2n) is 4.14. The van der Waals surface area contributed by atoms with E-state index in [2.05, 4.69) is 20.4 Å². The van der Waals surface area contributed by atoms with E-state index in [1.807, 2.05) is 0 Å². The van der Waals surface area contributed by atoms with E-state index in [0.29, 0.717) is 13.1 Å². The van der Waals surface area contributed by atoms with Crippen LogP contribution in [-0.4, -0.2) is 48.3 Å². The standard InChI is InChI=1S/C9H17N5O2S/c15-17(16,8-9-2-1-3-10-9)12-5-7-14-6-4-11-13-14/h4,6,9-10,12H,1-3,5,7-8H2. The van der Waals surface area contributed by atoms with Gasteiger partial charge in [0, 0.05) is 18.8 Å². The fourth-order valence-corrected chi connectivity index (χ4v) is 3.22. The number of hydrogen-bond donors (Lipinski definition) is 2. The van der Waals surface area contributed by atoms with Crippen molar-refractivity contribution in [3.05, 3.63) is 12.4 Å². The fourth-order valence-electron chi connectivity index (χ4n) is 1.89. The summed E-state index contributed by atoms with van der Waals surface area (Å²) < 4.78 is 27.6. The minimum atomic E-state index is -3.19. The molecule has 1 saturated heterocycles. The average molecular weight is 259 g/mol. The lowest BCUT2D eigenvalue weighted by molar-refractivity contribution is 0.543. The molecular weight excluding hydrogens is 242 g/mol.